The number of para-hydroxylation sites is 2. The number of hydrogen-bond acceptors (Lipinski definition) is 6. The molecule has 1 saturated carbocycles. The SMILES string of the molecule is CC(OC(=O)C1CCN(c2nc3ccccc3o2)CC1)C(=O)NC1CCCCC1. The number of anilines is 1. The maximum Gasteiger partial charge on any atom is 0.309 e. The molecule has 1 amide bonds. The maximum absolute atomic E-state index is 12.5. The van der Waals surface area contributed by atoms with Gasteiger partial charge in [-0.25, -0.2) is 0 Å². The van der Waals surface area contributed by atoms with Gasteiger partial charge >= 0.3 is 5.97 Å². The molecule has 1 unspecified atom stereocenters. The lowest BCUT2D eigenvalue weighted by Crippen LogP contribution is -2.44. The van der Waals surface area contributed by atoms with Crippen LogP contribution in [-0.2, 0) is 14.3 Å². The number of oxazole rings is 1. The van der Waals surface area contributed by atoms with Crippen molar-refractivity contribution in [1.82, 2.24) is 10.3 Å². The number of nitrogens with zero attached hydrogens (tertiary/aromatic N) is 2. The molecule has 156 valence electrons. The summed E-state index contributed by atoms with van der Waals surface area (Å²) in [6.45, 7) is 3.01. The third kappa shape index (κ3) is 4.71. The Morgan fingerprint density at radius 3 is 2.59 bits per heavy atom. The summed E-state index contributed by atoms with van der Waals surface area (Å²) in [4.78, 5) is 31.4. The average Bonchev–Trinajstić information content (AvgIpc) is 3.19. The average molecular weight is 399 g/mol. The van der Waals surface area contributed by atoms with Gasteiger partial charge in [0, 0.05) is 19.1 Å². The van der Waals surface area contributed by atoms with Crippen molar-refractivity contribution in [2.24, 2.45) is 5.92 Å². The van der Waals surface area contributed by atoms with Crippen LogP contribution in [0.25, 0.3) is 11.1 Å². The number of amides is 1. The lowest BCUT2D eigenvalue weighted by molar-refractivity contribution is -0.159. The topological polar surface area (TPSA) is 84.7 Å². The highest BCUT2D eigenvalue weighted by atomic mass is 16.5. The lowest BCUT2D eigenvalue weighted by atomic mass is 9.95. The fourth-order valence-electron chi connectivity index (χ4n) is 4.19. The first-order valence-corrected chi connectivity index (χ1v) is 10.7. The van der Waals surface area contributed by atoms with E-state index in [1.54, 1.807) is 6.92 Å². The standard InChI is InChI=1S/C22H29N3O4/c1-15(20(26)23-17-7-3-2-4-8-17)28-21(27)16-11-13-25(14-12-16)22-24-18-9-5-6-10-19(18)29-22/h5-6,9-10,15-17H,2-4,7-8,11-14H2,1H3,(H,23,26). The fraction of sp³-hybridized carbons (Fsp3) is 0.591. The van der Waals surface area contributed by atoms with Crippen LogP contribution >= 0.6 is 0 Å². The largest absolute Gasteiger partial charge is 0.452 e. The number of esters is 1. The minimum Gasteiger partial charge on any atom is -0.452 e. The Bertz CT molecular complexity index is 818. The third-order valence-corrected chi connectivity index (χ3v) is 6.00. The Hall–Kier alpha value is -2.57. The predicted octanol–water partition coefficient (Wildman–Crippen LogP) is 3.42. The van der Waals surface area contributed by atoms with Gasteiger partial charge in [0.15, 0.2) is 11.7 Å². The van der Waals surface area contributed by atoms with Crippen LogP contribution in [-0.4, -0.2) is 42.1 Å². The third-order valence-electron chi connectivity index (χ3n) is 6.00. The van der Waals surface area contributed by atoms with E-state index in [9.17, 15) is 9.59 Å². The van der Waals surface area contributed by atoms with E-state index in [2.05, 4.69) is 15.2 Å². The van der Waals surface area contributed by atoms with Crippen molar-refractivity contribution in [3.8, 4) is 0 Å². The van der Waals surface area contributed by atoms with E-state index in [0.29, 0.717) is 31.9 Å². The van der Waals surface area contributed by atoms with Gasteiger partial charge in [-0.1, -0.05) is 31.4 Å². The second kappa shape index (κ2) is 8.84. The highest BCUT2D eigenvalue weighted by Gasteiger charge is 2.31. The number of fused-ring (bicyclic) bond motifs is 1. The summed E-state index contributed by atoms with van der Waals surface area (Å²) in [7, 11) is 0. The molecule has 7 heteroatoms. The molecule has 1 N–H and O–H groups in total. The first-order valence-electron chi connectivity index (χ1n) is 10.7. The van der Waals surface area contributed by atoms with Gasteiger partial charge in [-0.15, -0.1) is 0 Å². The maximum atomic E-state index is 12.5. The van der Waals surface area contributed by atoms with Crippen molar-refractivity contribution in [3.63, 3.8) is 0 Å². The summed E-state index contributed by atoms with van der Waals surface area (Å²) < 4.78 is 11.3. The van der Waals surface area contributed by atoms with Crippen molar-refractivity contribution < 1.29 is 18.7 Å². The van der Waals surface area contributed by atoms with Crippen LogP contribution in [0.1, 0.15) is 51.9 Å². The number of rotatable bonds is 5. The molecule has 2 aliphatic rings. The molecule has 7 nitrogen and oxygen atoms in total. The molecule has 1 atom stereocenters. The number of piperidine rings is 1. The lowest BCUT2D eigenvalue weighted by Gasteiger charge is -2.30. The van der Waals surface area contributed by atoms with Crippen molar-refractivity contribution in [2.75, 3.05) is 18.0 Å². The van der Waals surface area contributed by atoms with Crippen LogP contribution in [0.3, 0.4) is 0 Å². The molecule has 0 radical (unpaired) electrons. The Morgan fingerprint density at radius 2 is 1.86 bits per heavy atom. The Balaban J connectivity index is 1.25. The van der Waals surface area contributed by atoms with Gasteiger partial charge in [-0.3, -0.25) is 9.59 Å². The number of carbonyl (C=O) groups excluding carboxylic acids is 2. The zero-order valence-electron chi connectivity index (χ0n) is 16.9. The van der Waals surface area contributed by atoms with E-state index in [4.69, 9.17) is 9.15 Å². The van der Waals surface area contributed by atoms with Gasteiger partial charge in [0.2, 0.25) is 0 Å². The Labute approximate surface area is 170 Å². The summed E-state index contributed by atoms with van der Waals surface area (Å²) in [5, 5.41) is 3.02. The van der Waals surface area contributed by atoms with E-state index in [-0.39, 0.29) is 23.8 Å². The van der Waals surface area contributed by atoms with Gasteiger partial charge in [0.05, 0.1) is 5.92 Å². The number of ether oxygens (including phenoxy) is 1. The summed E-state index contributed by atoms with van der Waals surface area (Å²) in [5.74, 6) is -0.664. The van der Waals surface area contributed by atoms with E-state index < -0.39 is 6.10 Å². The van der Waals surface area contributed by atoms with Crippen LogP contribution in [0, 0.1) is 5.92 Å². The quantitative estimate of drug-likeness (QED) is 0.776. The van der Waals surface area contributed by atoms with Crippen LogP contribution in [0.15, 0.2) is 28.7 Å². The van der Waals surface area contributed by atoms with Gasteiger partial charge in [-0.05, 0) is 44.7 Å². The van der Waals surface area contributed by atoms with E-state index in [0.717, 1.165) is 36.8 Å². The zero-order valence-corrected chi connectivity index (χ0v) is 16.9. The Kier molecular flexibility index (Phi) is 6.02. The summed E-state index contributed by atoms with van der Waals surface area (Å²) in [5.41, 5.74) is 1.60. The molecule has 1 aliphatic carbocycles. The van der Waals surface area contributed by atoms with Crippen molar-refractivity contribution >= 4 is 29.0 Å². The first-order chi connectivity index (χ1) is 14.1. The van der Waals surface area contributed by atoms with Gasteiger partial charge in [0.1, 0.15) is 5.52 Å². The molecule has 1 saturated heterocycles. The molecule has 0 bridgehead atoms. The van der Waals surface area contributed by atoms with E-state index in [1.165, 1.54) is 6.42 Å². The minimum absolute atomic E-state index is 0.186. The van der Waals surface area contributed by atoms with E-state index >= 15 is 0 Å². The number of benzene rings is 1. The fourth-order valence-corrected chi connectivity index (χ4v) is 4.19. The predicted molar refractivity (Wildman–Crippen MR) is 110 cm³/mol. The number of aromatic nitrogens is 1. The molecule has 4 rings (SSSR count). The molecule has 1 aromatic heterocycles. The van der Waals surface area contributed by atoms with Gasteiger partial charge in [0.25, 0.3) is 11.9 Å². The molecule has 2 aromatic rings. The molecule has 2 heterocycles. The molecule has 29 heavy (non-hydrogen) atoms. The van der Waals surface area contributed by atoms with Crippen LogP contribution < -0.4 is 10.2 Å². The molecular formula is C22H29N3O4. The first kappa shape index (κ1) is 19.7. The summed E-state index contributed by atoms with van der Waals surface area (Å²) in [6.07, 6.45) is 6.14. The highest BCUT2D eigenvalue weighted by Crippen LogP contribution is 2.27. The molecular weight excluding hydrogens is 370 g/mol. The smallest absolute Gasteiger partial charge is 0.309 e. The second-order valence-corrected chi connectivity index (χ2v) is 8.15. The molecule has 1 aliphatic heterocycles. The number of carbonyl (C=O) groups is 2. The van der Waals surface area contributed by atoms with Crippen molar-refractivity contribution in [3.05, 3.63) is 24.3 Å². The number of nitrogens with one attached hydrogen (secondary N) is 1. The van der Waals surface area contributed by atoms with Crippen LogP contribution in [0.4, 0.5) is 6.01 Å². The monoisotopic (exact) mass is 399 g/mol. The van der Waals surface area contributed by atoms with Crippen molar-refractivity contribution in [2.45, 2.75) is 64.0 Å². The summed E-state index contributed by atoms with van der Waals surface area (Å²) in [6, 6.07) is 8.49. The minimum atomic E-state index is -0.750. The van der Waals surface area contributed by atoms with Crippen LogP contribution in [0.5, 0.6) is 0 Å². The molecule has 0 spiro atoms. The second-order valence-electron chi connectivity index (χ2n) is 8.15. The summed E-state index contributed by atoms with van der Waals surface area (Å²) >= 11 is 0. The Morgan fingerprint density at radius 1 is 1.14 bits per heavy atom. The number of hydrogen-bond donors (Lipinski definition) is 1. The van der Waals surface area contributed by atoms with Gasteiger partial charge < -0.3 is 19.4 Å². The normalized spacial score (nSPS) is 19.8. The molecule has 1 aromatic carbocycles. The zero-order chi connectivity index (χ0) is 20.2. The van der Waals surface area contributed by atoms with E-state index in [1.807, 2.05) is 24.3 Å². The highest BCUT2D eigenvalue weighted by molar-refractivity contribution is 5.84. The van der Waals surface area contributed by atoms with Crippen molar-refractivity contribution in [1.29, 1.82) is 0 Å². The van der Waals surface area contributed by atoms with Gasteiger partial charge in [-0.2, -0.15) is 4.98 Å². The van der Waals surface area contributed by atoms with Crippen LogP contribution in [0.2, 0.25) is 0 Å². The molecule has 2 fully saturated rings.